The van der Waals surface area contributed by atoms with Crippen LogP contribution in [0, 0.1) is 13.8 Å². The van der Waals surface area contributed by atoms with E-state index in [9.17, 15) is 4.79 Å². The highest BCUT2D eigenvalue weighted by Gasteiger charge is 2.35. The molecular formula is C14H17NO2. The molecule has 0 saturated carbocycles. The molecule has 0 aromatic heterocycles. The zero-order valence-electron chi connectivity index (χ0n) is 10.3. The van der Waals surface area contributed by atoms with Gasteiger partial charge in [-0.05, 0) is 25.0 Å². The van der Waals surface area contributed by atoms with Crippen molar-refractivity contribution in [3.63, 3.8) is 0 Å². The van der Waals surface area contributed by atoms with Crippen LogP contribution in [0.15, 0.2) is 23.2 Å². The predicted octanol–water partition coefficient (Wildman–Crippen LogP) is 2.64. The minimum atomic E-state index is -0.419. The van der Waals surface area contributed by atoms with E-state index >= 15 is 0 Å². The third kappa shape index (κ3) is 2.31. The second kappa shape index (κ2) is 4.82. The lowest BCUT2D eigenvalue weighted by Crippen LogP contribution is -2.32. The number of rotatable bonds is 2. The minimum absolute atomic E-state index is 0.419. The fraction of sp³-hybridized carbons (Fsp3) is 0.500. The van der Waals surface area contributed by atoms with Gasteiger partial charge in [-0.25, -0.2) is 4.79 Å². The van der Waals surface area contributed by atoms with Crippen LogP contribution in [0.25, 0.3) is 0 Å². The summed E-state index contributed by atoms with van der Waals surface area (Å²) in [5.41, 5.74) is 3.13. The average Bonchev–Trinajstić information content (AvgIpc) is 2.30. The van der Waals surface area contributed by atoms with Crippen molar-refractivity contribution in [2.75, 3.05) is 13.2 Å². The second-order valence-corrected chi connectivity index (χ2v) is 4.67. The molecule has 2 rings (SSSR count). The first-order chi connectivity index (χ1) is 8.18. The molecule has 0 unspecified atom stereocenters. The number of hydrogen-bond donors (Lipinski definition) is 0. The fourth-order valence-corrected chi connectivity index (χ4v) is 2.57. The Bertz CT molecular complexity index is 455. The first-order valence-electron chi connectivity index (χ1n) is 5.92. The molecule has 1 heterocycles. The van der Waals surface area contributed by atoms with Crippen molar-refractivity contribution < 1.29 is 9.53 Å². The van der Waals surface area contributed by atoms with Crippen molar-refractivity contribution in [1.29, 1.82) is 0 Å². The molecule has 0 radical (unpaired) electrons. The summed E-state index contributed by atoms with van der Waals surface area (Å²) in [6, 6.07) is 6.28. The van der Waals surface area contributed by atoms with Gasteiger partial charge in [0.05, 0.1) is 0 Å². The molecule has 0 N–H and O–H groups in total. The van der Waals surface area contributed by atoms with Crippen molar-refractivity contribution in [3.05, 3.63) is 34.9 Å². The number of hydrogen-bond acceptors (Lipinski definition) is 3. The van der Waals surface area contributed by atoms with Gasteiger partial charge in [0.1, 0.15) is 5.54 Å². The van der Waals surface area contributed by atoms with Gasteiger partial charge >= 0.3 is 0 Å². The molecule has 0 atom stereocenters. The van der Waals surface area contributed by atoms with Crippen LogP contribution < -0.4 is 0 Å². The monoisotopic (exact) mass is 231 g/mol. The molecular weight excluding hydrogens is 214 g/mol. The summed E-state index contributed by atoms with van der Waals surface area (Å²) >= 11 is 0. The molecule has 0 aliphatic carbocycles. The Morgan fingerprint density at radius 1 is 1.29 bits per heavy atom. The fourth-order valence-electron chi connectivity index (χ4n) is 2.57. The molecule has 1 saturated heterocycles. The van der Waals surface area contributed by atoms with Crippen LogP contribution in [-0.4, -0.2) is 19.3 Å². The zero-order valence-corrected chi connectivity index (χ0v) is 10.3. The van der Waals surface area contributed by atoms with E-state index in [1.807, 2.05) is 0 Å². The number of isocyanates is 1. The molecule has 3 nitrogen and oxygen atoms in total. The van der Waals surface area contributed by atoms with Gasteiger partial charge in [-0.15, -0.1) is 0 Å². The molecule has 1 aromatic rings. The summed E-state index contributed by atoms with van der Waals surface area (Å²) in [5, 5.41) is 0. The van der Waals surface area contributed by atoms with Crippen LogP contribution in [0.4, 0.5) is 0 Å². The standard InChI is InChI=1S/C14H17NO2/c1-11-3-4-13(12(2)9-11)14(15-10-16)5-7-17-8-6-14/h3-4,9H,5-8H2,1-2H3. The van der Waals surface area contributed by atoms with Crippen molar-refractivity contribution in [1.82, 2.24) is 0 Å². The van der Waals surface area contributed by atoms with Gasteiger partial charge in [0.15, 0.2) is 0 Å². The third-order valence-corrected chi connectivity index (χ3v) is 3.46. The maximum absolute atomic E-state index is 10.7. The van der Waals surface area contributed by atoms with Crippen molar-refractivity contribution in [3.8, 4) is 0 Å². The number of nitrogens with zero attached hydrogens (tertiary/aromatic N) is 1. The summed E-state index contributed by atoms with van der Waals surface area (Å²) in [7, 11) is 0. The Hall–Kier alpha value is -1.44. The van der Waals surface area contributed by atoms with E-state index in [2.05, 4.69) is 37.0 Å². The lowest BCUT2D eigenvalue weighted by molar-refractivity contribution is 0.0529. The van der Waals surface area contributed by atoms with Gasteiger partial charge in [0, 0.05) is 26.1 Å². The average molecular weight is 231 g/mol. The first kappa shape index (κ1) is 12.0. The van der Waals surface area contributed by atoms with E-state index in [0.717, 1.165) is 18.4 Å². The molecule has 17 heavy (non-hydrogen) atoms. The predicted molar refractivity (Wildman–Crippen MR) is 65.8 cm³/mol. The number of aryl methyl sites for hydroxylation is 2. The number of ether oxygens (including phenoxy) is 1. The van der Waals surface area contributed by atoms with Crippen molar-refractivity contribution >= 4 is 6.08 Å². The lowest BCUT2D eigenvalue weighted by Gasteiger charge is -2.33. The van der Waals surface area contributed by atoms with Gasteiger partial charge in [-0.1, -0.05) is 23.8 Å². The molecule has 1 fully saturated rings. The van der Waals surface area contributed by atoms with Gasteiger partial charge in [-0.3, -0.25) is 0 Å². The minimum Gasteiger partial charge on any atom is -0.381 e. The summed E-state index contributed by atoms with van der Waals surface area (Å²) in [6.07, 6.45) is 3.25. The number of benzene rings is 1. The van der Waals surface area contributed by atoms with Gasteiger partial charge < -0.3 is 4.74 Å². The molecule has 90 valence electrons. The second-order valence-electron chi connectivity index (χ2n) is 4.67. The Morgan fingerprint density at radius 2 is 2.00 bits per heavy atom. The Kier molecular flexibility index (Phi) is 3.41. The summed E-state index contributed by atoms with van der Waals surface area (Å²) in [6.45, 7) is 5.44. The topological polar surface area (TPSA) is 38.7 Å². The Morgan fingerprint density at radius 3 is 2.59 bits per heavy atom. The van der Waals surface area contributed by atoms with Crippen LogP contribution in [-0.2, 0) is 15.1 Å². The zero-order chi connectivity index (χ0) is 12.3. The summed E-state index contributed by atoms with van der Waals surface area (Å²) in [4.78, 5) is 14.8. The van der Waals surface area contributed by atoms with E-state index in [-0.39, 0.29) is 0 Å². The van der Waals surface area contributed by atoms with Crippen molar-refractivity contribution in [2.24, 2.45) is 4.99 Å². The maximum Gasteiger partial charge on any atom is 0.235 e. The summed E-state index contributed by atoms with van der Waals surface area (Å²) in [5.74, 6) is 0. The maximum atomic E-state index is 10.7. The highest BCUT2D eigenvalue weighted by Crippen LogP contribution is 2.37. The highest BCUT2D eigenvalue weighted by molar-refractivity contribution is 5.42. The lowest BCUT2D eigenvalue weighted by atomic mass is 9.81. The molecule has 1 aromatic carbocycles. The van der Waals surface area contributed by atoms with Crippen LogP contribution >= 0.6 is 0 Å². The van der Waals surface area contributed by atoms with Gasteiger partial charge in [-0.2, -0.15) is 4.99 Å². The third-order valence-electron chi connectivity index (χ3n) is 3.46. The Labute approximate surface area is 102 Å². The molecule has 0 spiro atoms. The van der Waals surface area contributed by atoms with E-state index < -0.39 is 5.54 Å². The van der Waals surface area contributed by atoms with Crippen LogP contribution in [0.1, 0.15) is 29.5 Å². The smallest absolute Gasteiger partial charge is 0.235 e. The molecule has 0 bridgehead atoms. The highest BCUT2D eigenvalue weighted by atomic mass is 16.5. The normalized spacial score (nSPS) is 18.5. The van der Waals surface area contributed by atoms with Crippen molar-refractivity contribution in [2.45, 2.75) is 32.2 Å². The largest absolute Gasteiger partial charge is 0.381 e. The van der Waals surface area contributed by atoms with Gasteiger partial charge in [0.25, 0.3) is 0 Å². The molecule has 1 aliphatic rings. The van der Waals surface area contributed by atoms with E-state index in [0.29, 0.717) is 13.2 Å². The van der Waals surface area contributed by atoms with Crippen LogP contribution in [0.2, 0.25) is 0 Å². The van der Waals surface area contributed by atoms with Crippen LogP contribution in [0.5, 0.6) is 0 Å². The number of aliphatic imine (C=N–C) groups is 1. The molecule has 1 aliphatic heterocycles. The van der Waals surface area contributed by atoms with Crippen LogP contribution in [0.3, 0.4) is 0 Å². The van der Waals surface area contributed by atoms with Gasteiger partial charge in [0.2, 0.25) is 6.08 Å². The quantitative estimate of drug-likeness (QED) is 0.579. The first-order valence-corrected chi connectivity index (χ1v) is 5.92. The summed E-state index contributed by atoms with van der Waals surface area (Å²) < 4.78 is 5.37. The van der Waals surface area contributed by atoms with E-state index in [4.69, 9.17) is 4.74 Å². The number of carbonyl (C=O) groups excluding carboxylic acids is 1. The molecule has 3 heteroatoms. The van der Waals surface area contributed by atoms with E-state index in [1.54, 1.807) is 6.08 Å². The molecule has 0 amide bonds. The SMILES string of the molecule is Cc1ccc(C2(N=C=O)CCOCC2)c(C)c1. The van der Waals surface area contributed by atoms with E-state index in [1.165, 1.54) is 11.1 Å². The Balaban J connectivity index is 2.48.